The lowest BCUT2D eigenvalue weighted by Crippen LogP contribution is -2.06. The lowest BCUT2D eigenvalue weighted by atomic mass is 9.90. The Morgan fingerprint density at radius 2 is 2.13 bits per heavy atom. The first-order valence-electron chi connectivity index (χ1n) is 5.45. The first-order valence-corrected chi connectivity index (χ1v) is 5.45. The molecule has 0 saturated carbocycles. The Hall–Kier alpha value is -1.08. The minimum absolute atomic E-state index is 0.446. The van der Waals surface area contributed by atoms with E-state index in [0.717, 1.165) is 6.54 Å². The van der Waals surface area contributed by atoms with Gasteiger partial charge in [0.2, 0.25) is 0 Å². The number of aryl methyl sites for hydroxylation is 1. The molecule has 1 nitrogen and oxygen atoms in total. The molecule has 0 saturated heterocycles. The maximum atomic E-state index is 4.03. The van der Waals surface area contributed by atoms with Gasteiger partial charge in [-0.3, -0.25) is 0 Å². The van der Waals surface area contributed by atoms with Gasteiger partial charge in [0.15, 0.2) is 0 Å². The van der Waals surface area contributed by atoms with Gasteiger partial charge < -0.3 is 5.32 Å². The molecule has 0 aliphatic carbocycles. The molecule has 15 heavy (non-hydrogen) atoms. The summed E-state index contributed by atoms with van der Waals surface area (Å²) in [4.78, 5) is 0. The second-order valence-electron chi connectivity index (χ2n) is 4.29. The highest BCUT2D eigenvalue weighted by Crippen LogP contribution is 2.26. The van der Waals surface area contributed by atoms with Crippen molar-refractivity contribution in [1.82, 2.24) is 5.32 Å². The van der Waals surface area contributed by atoms with E-state index in [1.165, 1.54) is 22.3 Å². The third-order valence-electron chi connectivity index (χ3n) is 2.93. The van der Waals surface area contributed by atoms with Crippen LogP contribution in [0.3, 0.4) is 0 Å². The molecule has 0 radical (unpaired) electrons. The molecule has 0 heterocycles. The number of allylic oxidation sites excluding steroid dienone is 1. The van der Waals surface area contributed by atoms with Crippen LogP contribution in [0, 0.1) is 6.92 Å². The van der Waals surface area contributed by atoms with Crippen LogP contribution in [0.15, 0.2) is 30.4 Å². The fourth-order valence-corrected chi connectivity index (χ4v) is 1.74. The van der Waals surface area contributed by atoms with Crippen molar-refractivity contribution in [1.29, 1.82) is 0 Å². The van der Waals surface area contributed by atoms with Crippen molar-refractivity contribution in [3.63, 3.8) is 0 Å². The highest BCUT2D eigenvalue weighted by Gasteiger charge is 2.09. The van der Waals surface area contributed by atoms with Gasteiger partial charge in [0, 0.05) is 12.5 Å². The monoisotopic (exact) mass is 203 g/mol. The SMILES string of the molecule is C=C(C)C(C)c1cc(CNC)ccc1C. The molecule has 0 bridgehead atoms. The molecule has 0 aromatic heterocycles. The summed E-state index contributed by atoms with van der Waals surface area (Å²) in [5.74, 6) is 0.446. The summed E-state index contributed by atoms with van der Waals surface area (Å²) >= 11 is 0. The minimum Gasteiger partial charge on any atom is -0.316 e. The molecule has 1 rings (SSSR count). The Morgan fingerprint density at radius 3 is 2.67 bits per heavy atom. The zero-order valence-corrected chi connectivity index (χ0v) is 10.2. The van der Waals surface area contributed by atoms with E-state index in [4.69, 9.17) is 0 Å². The van der Waals surface area contributed by atoms with Crippen LogP contribution in [0.1, 0.15) is 36.5 Å². The number of nitrogens with one attached hydrogen (secondary N) is 1. The Labute approximate surface area is 93.2 Å². The Kier molecular flexibility index (Phi) is 4.10. The molecular weight excluding hydrogens is 182 g/mol. The normalized spacial score (nSPS) is 12.5. The fraction of sp³-hybridized carbons (Fsp3) is 0.429. The lowest BCUT2D eigenvalue weighted by Gasteiger charge is -2.16. The molecule has 0 aliphatic heterocycles. The maximum Gasteiger partial charge on any atom is 0.0202 e. The molecule has 0 amide bonds. The van der Waals surface area contributed by atoms with Gasteiger partial charge in [0.25, 0.3) is 0 Å². The summed E-state index contributed by atoms with van der Waals surface area (Å²) in [5, 5.41) is 3.18. The number of rotatable bonds is 4. The molecule has 1 aromatic carbocycles. The first-order chi connectivity index (χ1) is 7.06. The Bertz CT molecular complexity index is 352. The fourth-order valence-electron chi connectivity index (χ4n) is 1.74. The zero-order valence-electron chi connectivity index (χ0n) is 10.2. The molecule has 1 N–H and O–H groups in total. The van der Waals surface area contributed by atoms with Crippen LogP contribution in [0.5, 0.6) is 0 Å². The minimum atomic E-state index is 0.446. The van der Waals surface area contributed by atoms with Crippen LogP contribution in [0.25, 0.3) is 0 Å². The van der Waals surface area contributed by atoms with Crippen molar-refractivity contribution in [2.75, 3.05) is 7.05 Å². The van der Waals surface area contributed by atoms with Crippen LogP contribution in [-0.4, -0.2) is 7.05 Å². The number of hydrogen-bond donors (Lipinski definition) is 1. The van der Waals surface area contributed by atoms with Gasteiger partial charge >= 0.3 is 0 Å². The van der Waals surface area contributed by atoms with E-state index < -0.39 is 0 Å². The molecule has 1 atom stereocenters. The van der Waals surface area contributed by atoms with Gasteiger partial charge in [-0.25, -0.2) is 0 Å². The average Bonchev–Trinajstić information content (AvgIpc) is 2.20. The van der Waals surface area contributed by atoms with Crippen molar-refractivity contribution in [3.05, 3.63) is 47.0 Å². The van der Waals surface area contributed by atoms with Crippen molar-refractivity contribution in [3.8, 4) is 0 Å². The highest BCUT2D eigenvalue weighted by molar-refractivity contribution is 5.37. The smallest absolute Gasteiger partial charge is 0.0202 e. The molecule has 1 heteroatoms. The first kappa shape index (κ1) is 12.0. The van der Waals surface area contributed by atoms with Crippen molar-refractivity contribution < 1.29 is 0 Å². The topological polar surface area (TPSA) is 12.0 Å². The Balaban J connectivity index is 3.04. The van der Waals surface area contributed by atoms with Gasteiger partial charge in [-0.2, -0.15) is 0 Å². The van der Waals surface area contributed by atoms with Crippen LogP contribution in [0.2, 0.25) is 0 Å². The molecular formula is C14H21N. The summed E-state index contributed by atoms with van der Waals surface area (Å²) in [6.45, 7) is 11.4. The quantitative estimate of drug-likeness (QED) is 0.740. The van der Waals surface area contributed by atoms with Crippen molar-refractivity contribution in [2.45, 2.75) is 33.2 Å². The summed E-state index contributed by atoms with van der Waals surface area (Å²) in [5.41, 5.74) is 5.31. The third kappa shape index (κ3) is 2.93. The number of hydrogen-bond acceptors (Lipinski definition) is 1. The van der Waals surface area contributed by atoms with E-state index in [9.17, 15) is 0 Å². The van der Waals surface area contributed by atoms with Crippen LogP contribution < -0.4 is 5.32 Å². The predicted octanol–water partition coefficient (Wildman–Crippen LogP) is 3.39. The van der Waals surface area contributed by atoms with Crippen molar-refractivity contribution >= 4 is 0 Å². The molecule has 0 aliphatic rings. The van der Waals surface area contributed by atoms with E-state index in [0.29, 0.717) is 5.92 Å². The van der Waals surface area contributed by atoms with Gasteiger partial charge in [0.1, 0.15) is 0 Å². The van der Waals surface area contributed by atoms with E-state index >= 15 is 0 Å². The summed E-state index contributed by atoms with van der Waals surface area (Å²) in [6.07, 6.45) is 0. The largest absolute Gasteiger partial charge is 0.316 e. The molecule has 1 aromatic rings. The highest BCUT2D eigenvalue weighted by atomic mass is 14.8. The van der Waals surface area contributed by atoms with Gasteiger partial charge in [-0.1, -0.05) is 37.3 Å². The predicted molar refractivity (Wildman–Crippen MR) is 67.2 cm³/mol. The summed E-state index contributed by atoms with van der Waals surface area (Å²) < 4.78 is 0. The van der Waals surface area contributed by atoms with E-state index in [1.807, 2.05) is 7.05 Å². The standard InChI is InChI=1S/C14H21N/c1-10(2)12(4)14-8-13(9-15-5)7-6-11(14)3/h6-8,12,15H,1,9H2,2-5H3. The molecule has 0 fully saturated rings. The molecule has 1 unspecified atom stereocenters. The average molecular weight is 203 g/mol. The summed E-state index contributed by atoms with van der Waals surface area (Å²) in [7, 11) is 1.97. The molecule has 82 valence electrons. The third-order valence-corrected chi connectivity index (χ3v) is 2.93. The van der Waals surface area contributed by atoms with Gasteiger partial charge in [-0.15, -0.1) is 0 Å². The molecule has 0 spiro atoms. The zero-order chi connectivity index (χ0) is 11.4. The van der Waals surface area contributed by atoms with Gasteiger partial charge in [-0.05, 0) is 37.6 Å². The number of benzene rings is 1. The Morgan fingerprint density at radius 1 is 1.47 bits per heavy atom. The van der Waals surface area contributed by atoms with Gasteiger partial charge in [0.05, 0.1) is 0 Å². The van der Waals surface area contributed by atoms with Crippen LogP contribution in [-0.2, 0) is 6.54 Å². The van der Waals surface area contributed by atoms with Crippen LogP contribution >= 0.6 is 0 Å². The second-order valence-corrected chi connectivity index (χ2v) is 4.29. The second kappa shape index (κ2) is 5.13. The lowest BCUT2D eigenvalue weighted by molar-refractivity contribution is 0.809. The maximum absolute atomic E-state index is 4.03. The summed E-state index contributed by atoms with van der Waals surface area (Å²) in [6, 6.07) is 6.66. The van der Waals surface area contributed by atoms with E-state index in [2.05, 4.69) is 50.9 Å². The van der Waals surface area contributed by atoms with E-state index in [1.54, 1.807) is 0 Å². The van der Waals surface area contributed by atoms with Crippen LogP contribution in [0.4, 0.5) is 0 Å². The van der Waals surface area contributed by atoms with E-state index in [-0.39, 0.29) is 0 Å². The van der Waals surface area contributed by atoms with Crippen molar-refractivity contribution in [2.24, 2.45) is 0 Å².